The molecule has 0 unspecified atom stereocenters. The Morgan fingerprint density at radius 2 is 1.89 bits per heavy atom. The van der Waals surface area contributed by atoms with Crippen LogP contribution in [0.2, 0.25) is 0 Å². The average molecular weight is 256 g/mol. The van der Waals surface area contributed by atoms with Gasteiger partial charge in [0.15, 0.2) is 0 Å². The Morgan fingerprint density at radius 3 is 2.47 bits per heavy atom. The number of benzene rings is 1. The molecule has 5 nitrogen and oxygen atoms in total. The fourth-order valence-corrected chi connectivity index (χ4v) is 1.66. The molecule has 0 aliphatic rings. The second-order valence-electron chi connectivity index (χ2n) is 4.42. The predicted molar refractivity (Wildman–Crippen MR) is 75.5 cm³/mol. The highest BCUT2D eigenvalue weighted by Crippen LogP contribution is 2.16. The van der Waals surface area contributed by atoms with Gasteiger partial charge in [-0.05, 0) is 31.2 Å². The van der Waals surface area contributed by atoms with Gasteiger partial charge in [-0.2, -0.15) is 0 Å². The lowest BCUT2D eigenvalue weighted by molar-refractivity contribution is 0.102. The molecule has 0 saturated heterocycles. The van der Waals surface area contributed by atoms with E-state index in [1.807, 2.05) is 43.3 Å². The number of carbonyl (C=O) groups excluding carboxylic acids is 1. The van der Waals surface area contributed by atoms with E-state index in [-0.39, 0.29) is 5.91 Å². The Labute approximate surface area is 112 Å². The van der Waals surface area contributed by atoms with Gasteiger partial charge in [-0.25, -0.2) is 9.97 Å². The van der Waals surface area contributed by atoms with Gasteiger partial charge in [-0.15, -0.1) is 0 Å². The van der Waals surface area contributed by atoms with E-state index in [2.05, 4.69) is 15.3 Å². The van der Waals surface area contributed by atoms with Crippen molar-refractivity contribution in [1.82, 2.24) is 9.97 Å². The largest absolute Gasteiger partial charge is 0.378 e. The van der Waals surface area contributed by atoms with Crippen molar-refractivity contribution in [2.24, 2.45) is 0 Å². The van der Waals surface area contributed by atoms with E-state index in [1.54, 1.807) is 6.92 Å². The van der Waals surface area contributed by atoms with Gasteiger partial charge in [0.1, 0.15) is 6.33 Å². The first-order valence-electron chi connectivity index (χ1n) is 5.93. The standard InChI is InChI=1S/C14H16N4O/c1-10-13(8-15-9-16-10)14(19)17-11-4-6-12(7-5-11)18(2)3/h4-9H,1-3H3,(H,17,19). The number of aryl methyl sites for hydroxylation is 1. The maximum Gasteiger partial charge on any atom is 0.259 e. The van der Waals surface area contributed by atoms with Crippen LogP contribution >= 0.6 is 0 Å². The molecule has 98 valence electrons. The Morgan fingerprint density at radius 1 is 1.21 bits per heavy atom. The summed E-state index contributed by atoms with van der Waals surface area (Å²) in [6, 6.07) is 7.63. The zero-order valence-corrected chi connectivity index (χ0v) is 11.2. The second-order valence-corrected chi connectivity index (χ2v) is 4.42. The van der Waals surface area contributed by atoms with Gasteiger partial charge in [-0.3, -0.25) is 4.79 Å². The van der Waals surface area contributed by atoms with Crippen LogP contribution in [0.25, 0.3) is 0 Å². The molecule has 0 aliphatic heterocycles. The highest BCUT2D eigenvalue weighted by molar-refractivity contribution is 6.04. The Hall–Kier alpha value is -2.43. The summed E-state index contributed by atoms with van der Waals surface area (Å²) in [5.41, 5.74) is 2.98. The summed E-state index contributed by atoms with van der Waals surface area (Å²) in [5.74, 6) is -0.198. The normalized spacial score (nSPS) is 10.1. The predicted octanol–water partition coefficient (Wildman–Crippen LogP) is 2.10. The number of hydrogen-bond donors (Lipinski definition) is 1. The molecule has 1 aromatic carbocycles. The monoisotopic (exact) mass is 256 g/mol. The fraction of sp³-hybridized carbons (Fsp3) is 0.214. The minimum absolute atomic E-state index is 0.198. The highest BCUT2D eigenvalue weighted by Gasteiger charge is 2.10. The van der Waals surface area contributed by atoms with E-state index < -0.39 is 0 Å². The molecule has 0 spiro atoms. The van der Waals surface area contributed by atoms with Gasteiger partial charge in [0.05, 0.1) is 11.3 Å². The minimum Gasteiger partial charge on any atom is -0.378 e. The number of aromatic nitrogens is 2. The number of rotatable bonds is 3. The maximum absolute atomic E-state index is 12.1. The average Bonchev–Trinajstić information content (AvgIpc) is 2.39. The SMILES string of the molecule is Cc1ncncc1C(=O)Nc1ccc(N(C)C)cc1. The summed E-state index contributed by atoms with van der Waals surface area (Å²) in [5, 5.41) is 2.83. The van der Waals surface area contributed by atoms with Crippen LogP contribution < -0.4 is 10.2 Å². The molecule has 0 atom stereocenters. The Kier molecular flexibility index (Phi) is 3.75. The molecule has 0 bridgehead atoms. The van der Waals surface area contributed by atoms with Crippen LogP contribution in [0.3, 0.4) is 0 Å². The molecule has 1 amide bonds. The van der Waals surface area contributed by atoms with Crippen LogP contribution in [0.4, 0.5) is 11.4 Å². The number of carbonyl (C=O) groups is 1. The van der Waals surface area contributed by atoms with E-state index in [9.17, 15) is 4.79 Å². The van der Waals surface area contributed by atoms with Gasteiger partial charge < -0.3 is 10.2 Å². The van der Waals surface area contributed by atoms with Crippen LogP contribution in [0.15, 0.2) is 36.8 Å². The van der Waals surface area contributed by atoms with Gasteiger partial charge >= 0.3 is 0 Å². The molecular weight excluding hydrogens is 240 g/mol. The van der Waals surface area contributed by atoms with E-state index in [0.717, 1.165) is 11.4 Å². The number of nitrogens with zero attached hydrogens (tertiary/aromatic N) is 3. The van der Waals surface area contributed by atoms with Crippen LogP contribution in [0.5, 0.6) is 0 Å². The zero-order valence-electron chi connectivity index (χ0n) is 11.2. The van der Waals surface area contributed by atoms with Crippen molar-refractivity contribution in [3.05, 3.63) is 48.0 Å². The molecule has 2 aromatic rings. The van der Waals surface area contributed by atoms with Gasteiger partial charge in [-0.1, -0.05) is 0 Å². The summed E-state index contributed by atoms with van der Waals surface area (Å²) in [7, 11) is 3.94. The smallest absolute Gasteiger partial charge is 0.259 e. The molecule has 0 aliphatic carbocycles. The Bertz CT molecular complexity index is 578. The molecule has 1 N–H and O–H groups in total. The molecule has 0 radical (unpaired) electrons. The maximum atomic E-state index is 12.1. The summed E-state index contributed by atoms with van der Waals surface area (Å²) in [6.45, 7) is 1.78. The third kappa shape index (κ3) is 3.07. The zero-order chi connectivity index (χ0) is 13.8. The molecule has 1 aromatic heterocycles. The van der Waals surface area contributed by atoms with Gasteiger partial charge in [0.25, 0.3) is 5.91 Å². The van der Waals surface area contributed by atoms with Crippen LogP contribution in [-0.4, -0.2) is 30.0 Å². The first-order valence-corrected chi connectivity index (χ1v) is 5.93. The third-order valence-corrected chi connectivity index (χ3v) is 2.80. The second kappa shape index (κ2) is 5.48. The molecule has 19 heavy (non-hydrogen) atoms. The van der Waals surface area contributed by atoms with Crippen molar-refractivity contribution >= 4 is 17.3 Å². The van der Waals surface area contributed by atoms with E-state index in [0.29, 0.717) is 11.3 Å². The molecular formula is C14H16N4O. The van der Waals surface area contributed by atoms with Crippen molar-refractivity contribution in [3.8, 4) is 0 Å². The van der Waals surface area contributed by atoms with Gasteiger partial charge in [0.2, 0.25) is 0 Å². The van der Waals surface area contributed by atoms with Crippen molar-refractivity contribution in [2.75, 3.05) is 24.3 Å². The summed E-state index contributed by atoms with van der Waals surface area (Å²) in [6.07, 6.45) is 2.95. The summed E-state index contributed by atoms with van der Waals surface area (Å²) in [4.78, 5) is 21.9. The first kappa shape index (κ1) is 13.0. The minimum atomic E-state index is -0.198. The quantitative estimate of drug-likeness (QED) is 0.913. The molecule has 1 heterocycles. The van der Waals surface area contributed by atoms with E-state index in [4.69, 9.17) is 0 Å². The first-order chi connectivity index (χ1) is 9.08. The highest BCUT2D eigenvalue weighted by atomic mass is 16.1. The Balaban J connectivity index is 2.13. The van der Waals surface area contributed by atoms with Crippen LogP contribution in [0, 0.1) is 6.92 Å². The fourth-order valence-electron chi connectivity index (χ4n) is 1.66. The molecule has 5 heteroatoms. The molecule has 0 saturated carbocycles. The van der Waals surface area contributed by atoms with Crippen molar-refractivity contribution in [2.45, 2.75) is 6.92 Å². The molecule has 0 fully saturated rings. The lowest BCUT2D eigenvalue weighted by Gasteiger charge is -2.13. The van der Waals surface area contributed by atoms with Crippen molar-refractivity contribution < 1.29 is 4.79 Å². The summed E-state index contributed by atoms with van der Waals surface area (Å²) < 4.78 is 0. The van der Waals surface area contributed by atoms with Crippen LogP contribution in [0.1, 0.15) is 16.1 Å². The van der Waals surface area contributed by atoms with E-state index >= 15 is 0 Å². The number of nitrogens with one attached hydrogen (secondary N) is 1. The van der Waals surface area contributed by atoms with E-state index in [1.165, 1.54) is 12.5 Å². The van der Waals surface area contributed by atoms with Gasteiger partial charge in [0, 0.05) is 31.7 Å². The number of anilines is 2. The number of hydrogen-bond acceptors (Lipinski definition) is 4. The third-order valence-electron chi connectivity index (χ3n) is 2.80. The van der Waals surface area contributed by atoms with Crippen molar-refractivity contribution in [1.29, 1.82) is 0 Å². The number of amides is 1. The lowest BCUT2D eigenvalue weighted by Crippen LogP contribution is -2.14. The summed E-state index contributed by atoms with van der Waals surface area (Å²) >= 11 is 0. The van der Waals surface area contributed by atoms with Crippen LogP contribution in [-0.2, 0) is 0 Å². The molecule has 2 rings (SSSR count). The van der Waals surface area contributed by atoms with Crippen molar-refractivity contribution in [3.63, 3.8) is 0 Å². The lowest BCUT2D eigenvalue weighted by atomic mass is 10.2. The topological polar surface area (TPSA) is 58.1 Å².